The Morgan fingerprint density at radius 3 is 2.40 bits per heavy atom. The summed E-state index contributed by atoms with van der Waals surface area (Å²) in [5.74, 6) is 0.848. The van der Waals surface area contributed by atoms with Gasteiger partial charge in [-0.1, -0.05) is 27.2 Å². The molecule has 2 heterocycles. The maximum absolute atomic E-state index is 12.6. The van der Waals surface area contributed by atoms with Gasteiger partial charge in [0.2, 0.25) is 5.91 Å². The lowest BCUT2D eigenvalue weighted by Crippen LogP contribution is -2.48. The molecule has 5 nitrogen and oxygen atoms in total. The Morgan fingerprint density at radius 1 is 1.30 bits per heavy atom. The number of hydrogen-bond donors (Lipinski definition) is 1. The molecule has 116 valence electrons. The Kier molecular flexibility index (Phi) is 4.74. The summed E-state index contributed by atoms with van der Waals surface area (Å²) < 4.78 is 23.1. The summed E-state index contributed by atoms with van der Waals surface area (Å²) >= 11 is 0. The highest BCUT2D eigenvalue weighted by Gasteiger charge is 2.44. The number of nitrogens with zero attached hydrogens (tertiary/aromatic N) is 1. The molecule has 2 aliphatic heterocycles. The summed E-state index contributed by atoms with van der Waals surface area (Å²) in [7, 11) is -2.88. The Labute approximate surface area is 122 Å². The summed E-state index contributed by atoms with van der Waals surface area (Å²) in [4.78, 5) is 14.6. The molecule has 2 unspecified atom stereocenters. The van der Waals surface area contributed by atoms with E-state index in [9.17, 15) is 13.2 Å². The standard InChI is InChI=1S/C14H26N2O3S/c1-4-5-12-15-13(10(2)3)14(17)16(12)11-6-8-20(18,19)9-7-11/h10-13,15H,4-9H2,1-3H3. The monoisotopic (exact) mass is 302 g/mol. The van der Waals surface area contributed by atoms with Crippen LogP contribution in [0.15, 0.2) is 0 Å². The highest BCUT2D eigenvalue weighted by atomic mass is 32.2. The number of amides is 1. The zero-order valence-electron chi connectivity index (χ0n) is 12.6. The highest BCUT2D eigenvalue weighted by molar-refractivity contribution is 7.91. The van der Waals surface area contributed by atoms with Crippen molar-refractivity contribution in [1.82, 2.24) is 10.2 Å². The molecule has 0 aromatic heterocycles. The summed E-state index contributed by atoms with van der Waals surface area (Å²) in [6, 6.07) is -0.0380. The Morgan fingerprint density at radius 2 is 1.90 bits per heavy atom. The molecule has 0 aromatic carbocycles. The average molecular weight is 302 g/mol. The van der Waals surface area contributed by atoms with Gasteiger partial charge in [-0.25, -0.2) is 8.42 Å². The average Bonchev–Trinajstić information content (AvgIpc) is 2.68. The van der Waals surface area contributed by atoms with Crippen molar-refractivity contribution in [2.24, 2.45) is 5.92 Å². The maximum Gasteiger partial charge on any atom is 0.241 e. The van der Waals surface area contributed by atoms with E-state index in [2.05, 4.69) is 12.2 Å². The largest absolute Gasteiger partial charge is 0.323 e. The molecule has 2 atom stereocenters. The van der Waals surface area contributed by atoms with Crippen molar-refractivity contribution in [3.63, 3.8) is 0 Å². The van der Waals surface area contributed by atoms with Crippen molar-refractivity contribution in [3.05, 3.63) is 0 Å². The lowest BCUT2D eigenvalue weighted by Gasteiger charge is -2.35. The van der Waals surface area contributed by atoms with Crippen molar-refractivity contribution in [1.29, 1.82) is 0 Å². The third-order valence-corrected chi connectivity index (χ3v) is 6.09. The minimum atomic E-state index is -2.88. The molecule has 2 aliphatic rings. The van der Waals surface area contributed by atoms with E-state index in [0.29, 0.717) is 12.8 Å². The van der Waals surface area contributed by atoms with Crippen molar-refractivity contribution in [3.8, 4) is 0 Å². The summed E-state index contributed by atoms with van der Waals surface area (Å²) in [6.07, 6.45) is 3.18. The number of carbonyl (C=O) groups is 1. The van der Waals surface area contributed by atoms with Crippen LogP contribution < -0.4 is 5.32 Å². The summed E-state index contributed by atoms with van der Waals surface area (Å²) in [6.45, 7) is 6.21. The fourth-order valence-corrected chi connectivity index (χ4v) is 4.70. The first-order valence-corrected chi connectivity index (χ1v) is 9.46. The smallest absolute Gasteiger partial charge is 0.241 e. The van der Waals surface area contributed by atoms with E-state index in [1.165, 1.54) is 0 Å². The Bertz CT molecular complexity index is 447. The Hall–Kier alpha value is -0.620. The van der Waals surface area contributed by atoms with E-state index in [0.717, 1.165) is 12.8 Å². The van der Waals surface area contributed by atoms with Gasteiger partial charge in [-0.2, -0.15) is 0 Å². The summed E-state index contributed by atoms with van der Waals surface area (Å²) in [5.41, 5.74) is 0. The van der Waals surface area contributed by atoms with Gasteiger partial charge < -0.3 is 4.90 Å². The molecule has 20 heavy (non-hydrogen) atoms. The van der Waals surface area contributed by atoms with Crippen molar-refractivity contribution >= 4 is 15.7 Å². The SMILES string of the molecule is CCCC1NC(C(C)C)C(=O)N1C1CCS(=O)(=O)CC1. The van der Waals surface area contributed by atoms with Crippen LogP contribution in [0.25, 0.3) is 0 Å². The maximum atomic E-state index is 12.6. The summed E-state index contributed by atoms with van der Waals surface area (Å²) in [5, 5.41) is 3.44. The number of hydrogen-bond acceptors (Lipinski definition) is 4. The van der Waals surface area contributed by atoms with Gasteiger partial charge in [0.25, 0.3) is 0 Å². The van der Waals surface area contributed by atoms with Crippen LogP contribution in [0.5, 0.6) is 0 Å². The van der Waals surface area contributed by atoms with E-state index in [4.69, 9.17) is 0 Å². The lowest BCUT2D eigenvalue weighted by atomic mass is 10.0. The van der Waals surface area contributed by atoms with Gasteiger partial charge in [0, 0.05) is 6.04 Å². The molecule has 1 N–H and O–H groups in total. The van der Waals surface area contributed by atoms with E-state index < -0.39 is 9.84 Å². The van der Waals surface area contributed by atoms with Crippen LogP contribution >= 0.6 is 0 Å². The topological polar surface area (TPSA) is 66.5 Å². The fourth-order valence-electron chi connectivity index (χ4n) is 3.24. The first-order valence-electron chi connectivity index (χ1n) is 7.64. The molecule has 0 radical (unpaired) electrons. The van der Waals surface area contributed by atoms with E-state index in [1.54, 1.807) is 0 Å². The van der Waals surface area contributed by atoms with Crippen LogP contribution in [-0.2, 0) is 14.6 Å². The molecule has 0 saturated carbocycles. The molecule has 6 heteroatoms. The zero-order chi connectivity index (χ0) is 14.9. The minimum absolute atomic E-state index is 0.0747. The van der Waals surface area contributed by atoms with Gasteiger partial charge in [0.05, 0.1) is 23.7 Å². The highest BCUT2D eigenvalue weighted by Crippen LogP contribution is 2.27. The predicted octanol–water partition coefficient (Wildman–Crippen LogP) is 1.15. The zero-order valence-corrected chi connectivity index (χ0v) is 13.4. The van der Waals surface area contributed by atoms with Gasteiger partial charge in [0.15, 0.2) is 0 Å². The Balaban J connectivity index is 2.13. The molecule has 2 fully saturated rings. The molecular weight excluding hydrogens is 276 g/mol. The molecule has 0 bridgehead atoms. The quantitative estimate of drug-likeness (QED) is 0.846. The van der Waals surface area contributed by atoms with Crippen molar-refractivity contribution in [2.75, 3.05) is 11.5 Å². The second kappa shape index (κ2) is 6.02. The van der Waals surface area contributed by atoms with Gasteiger partial charge in [0.1, 0.15) is 9.84 Å². The third kappa shape index (κ3) is 3.17. The minimum Gasteiger partial charge on any atom is -0.323 e. The van der Waals surface area contributed by atoms with Gasteiger partial charge >= 0.3 is 0 Å². The second-order valence-corrected chi connectivity index (χ2v) is 8.62. The van der Waals surface area contributed by atoms with Crippen LogP contribution in [-0.4, -0.2) is 49.0 Å². The molecule has 2 saturated heterocycles. The predicted molar refractivity (Wildman–Crippen MR) is 79.0 cm³/mol. The number of rotatable bonds is 4. The normalized spacial score (nSPS) is 31.2. The molecule has 0 spiro atoms. The molecule has 0 aromatic rings. The fraction of sp³-hybridized carbons (Fsp3) is 0.929. The second-order valence-electron chi connectivity index (χ2n) is 6.32. The third-order valence-electron chi connectivity index (χ3n) is 4.37. The van der Waals surface area contributed by atoms with E-state index >= 15 is 0 Å². The van der Waals surface area contributed by atoms with Crippen molar-refractivity contribution < 1.29 is 13.2 Å². The molecular formula is C14H26N2O3S. The molecule has 0 aliphatic carbocycles. The lowest BCUT2D eigenvalue weighted by molar-refractivity contribution is -0.133. The van der Waals surface area contributed by atoms with Crippen LogP contribution in [0.2, 0.25) is 0 Å². The number of carbonyl (C=O) groups excluding carboxylic acids is 1. The van der Waals surface area contributed by atoms with Crippen LogP contribution in [0.1, 0.15) is 46.5 Å². The van der Waals surface area contributed by atoms with E-state index in [-0.39, 0.29) is 41.6 Å². The first kappa shape index (κ1) is 15.8. The van der Waals surface area contributed by atoms with Gasteiger partial charge in [-0.05, 0) is 25.2 Å². The van der Waals surface area contributed by atoms with Crippen LogP contribution in [0.3, 0.4) is 0 Å². The van der Waals surface area contributed by atoms with Gasteiger partial charge in [-0.3, -0.25) is 10.1 Å². The number of nitrogens with one attached hydrogen (secondary N) is 1. The van der Waals surface area contributed by atoms with Gasteiger partial charge in [-0.15, -0.1) is 0 Å². The molecule has 1 amide bonds. The van der Waals surface area contributed by atoms with E-state index in [1.807, 2.05) is 18.7 Å². The molecule has 2 rings (SSSR count). The first-order chi connectivity index (χ1) is 9.35. The van der Waals surface area contributed by atoms with Crippen LogP contribution in [0.4, 0.5) is 0 Å². The van der Waals surface area contributed by atoms with Crippen molar-refractivity contribution in [2.45, 2.75) is 64.7 Å². The number of sulfone groups is 1. The van der Waals surface area contributed by atoms with Crippen LogP contribution in [0, 0.1) is 5.92 Å².